The molecule has 2 aromatic heterocycles. The van der Waals surface area contributed by atoms with Crippen LogP contribution in [0.25, 0.3) is 5.65 Å². The molecule has 0 bridgehead atoms. The summed E-state index contributed by atoms with van der Waals surface area (Å²) in [6, 6.07) is 12.2. The standard InChI is InChI=1S/C22H29N5O.HI/c1-17-7-9-20(10-8-17)28-15-14-26(4)22(23-3)24-12-11-19-16-27-13-5-6-18(2)21(27)25-19;/h5-10,13,16H,11-12,14-15H2,1-4H3,(H,23,24);1H. The molecule has 3 aromatic rings. The molecule has 0 spiro atoms. The monoisotopic (exact) mass is 507 g/mol. The van der Waals surface area contributed by atoms with E-state index in [-0.39, 0.29) is 24.0 Å². The van der Waals surface area contributed by atoms with Crippen LogP contribution in [0.15, 0.2) is 53.8 Å². The summed E-state index contributed by atoms with van der Waals surface area (Å²) in [5.41, 5.74) is 4.51. The molecule has 0 unspecified atom stereocenters. The molecule has 0 aliphatic heterocycles. The van der Waals surface area contributed by atoms with E-state index in [1.165, 1.54) is 11.1 Å². The van der Waals surface area contributed by atoms with Gasteiger partial charge >= 0.3 is 0 Å². The lowest BCUT2D eigenvalue weighted by atomic mass is 10.2. The molecule has 0 radical (unpaired) electrons. The summed E-state index contributed by atoms with van der Waals surface area (Å²) in [5.74, 6) is 1.75. The van der Waals surface area contributed by atoms with Crippen molar-refractivity contribution in [3.8, 4) is 5.75 Å². The van der Waals surface area contributed by atoms with E-state index in [9.17, 15) is 0 Å². The number of imidazole rings is 1. The smallest absolute Gasteiger partial charge is 0.193 e. The number of likely N-dealkylation sites (N-methyl/N-ethyl adjacent to an activating group) is 1. The molecule has 1 N–H and O–H groups in total. The Morgan fingerprint density at radius 3 is 2.66 bits per heavy atom. The molecule has 0 saturated heterocycles. The van der Waals surface area contributed by atoms with Crippen LogP contribution in [0.4, 0.5) is 0 Å². The zero-order valence-electron chi connectivity index (χ0n) is 17.6. The molecule has 0 amide bonds. The number of aromatic nitrogens is 2. The average Bonchev–Trinajstić information content (AvgIpc) is 3.11. The lowest BCUT2D eigenvalue weighted by Crippen LogP contribution is -2.41. The van der Waals surface area contributed by atoms with Gasteiger partial charge in [0.1, 0.15) is 18.0 Å². The minimum atomic E-state index is 0. The second kappa shape index (κ2) is 11.0. The number of guanidine groups is 1. The molecular formula is C22H30IN5O. The summed E-state index contributed by atoms with van der Waals surface area (Å²) in [6.07, 6.45) is 4.97. The summed E-state index contributed by atoms with van der Waals surface area (Å²) in [7, 11) is 3.82. The van der Waals surface area contributed by atoms with E-state index in [1.807, 2.05) is 31.4 Å². The maximum absolute atomic E-state index is 5.81. The summed E-state index contributed by atoms with van der Waals surface area (Å²) in [5, 5.41) is 3.40. The maximum atomic E-state index is 5.81. The van der Waals surface area contributed by atoms with E-state index in [2.05, 4.69) is 57.9 Å². The van der Waals surface area contributed by atoms with Crippen molar-refractivity contribution in [1.29, 1.82) is 0 Å². The first-order chi connectivity index (χ1) is 13.6. The summed E-state index contributed by atoms with van der Waals surface area (Å²) < 4.78 is 7.89. The summed E-state index contributed by atoms with van der Waals surface area (Å²) in [4.78, 5) is 11.2. The highest BCUT2D eigenvalue weighted by Gasteiger charge is 2.07. The van der Waals surface area contributed by atoms with Crippen molar-refractivity contribution in [2.75, 3.05) is 33.8 Å². The van der Waals surface area contributed by atoms with E-state index in [0.717, 1.165) is 42.6 Å². The summed E-state index contributed by atoms with van der Waals surface area (Å²) >= 11 is 0. The maximum Gasteiger partial charge on any atom is 0.193 e. The first-order valence-corrected chi connectivity index (χ1v) is 9.61. The number of nitrogens with zero attached hydrogens (tertiary/aromatic N) is 4. The van der Waals surface area contributed by atoms with E-state index >= 15 is 0 Å². The van der Waals surface area contributed by atoms with Gasteiger partial charge in [0, 0.05) is 39.5 Å². The molecule has 0 saturated carbocycles. The number of rotatable bonds is 7. The van der Waals surface area contributed by atoms with Crippen molar-refractivity contribution in [3.63, 3.8) is 0 Å². The van der Waals surface area contributed by atoms with E-state index in [4.69, 9.17) is 9.72 Å². The number of aliphatic imine (C=N–C) groups is 1. The molecule has 0 fully saturated rings. The van der Waals surface area contributed by atoms with Gasteiger partial charge in [0.15, 0.2) is 5.96 Å². The highest BCUT2D eigenvalue weighted by Crippen LogP contribution is 2.11. The lowest BCUT2D eigenvalue weighted by molar-refractivity contribution is 0.281. The molecule has 0 aliphatic rings. The third-order valence-electron chi connectivity index (χ3n) is 4.68. The van der Waals surface area contributed by atoms with Crippen LogP contribution in [-0.4, -0.2) is 54.0 Å². The van der Waals surface area contributed by atoms with Crippen molar-refractivity contribution in [3.05, 3.63) is 65.6 Å². The number of benzene rings is 1. The Balaban J connectivity index is 0.00000300. The van der Waals surface area contributed by atoms with Gasteiger partial charge in [-0.2, -0.15) is 0 Å². The van der Waals surface area contributed by atoms with E-state index in [1.54, 1.807) is 7.05 Å². The van der Waals surface area contributed by atoms with Crippen LogP contribution in [0.5, 0.6) is 5.75 Å². The molecule has 156 valence electrons. The molecule has 3 rings (SSSR count). The number of hydrogen-bond acceptors (Lipinski definition) is 3. The largest absolute Gasteiger partial charge is 0.492 e. The molecule has 0 atom stereocenters. The number of fused-ring (bicyclic) bond motifs is 1. The molecule has 0 aliphatic carbocycles. The Hall–Kier alpha value is -2.29. The van der Waals surface area contributed by atoms with Gasteiger partial charge in [-0.05, 0) is 37.6 Å². The van der Waals surface area contributed by atoms with Crippen molar-refractivity contribution in [2.24, 2.45) is 4.99 Å². The quantitative estimate of drug-likeness (QED) is 0.301. The van der Waals surface area contributed by atoms with Crippen molar-refractivity contribution in [2.45, 2.75) is 20.3 Å². The van der Waals surface area contributed by atoms with Crippen LogP contribution in [0.2, 0.25) is 0 Å². The first kappa shape index (κ1) is 23.0. The SMILES string of the molecule is CN=C(NCCc1cn2cccc(C)c2n1)N(C)CCOc1ccc(C)cc1.I. The van der Waals surface area contributed by atoms with Gasteiger partial charge in [0.25, 0.3) is 0 Å². The molecule has 7 heteroatoms. The number of halogens is 1. The number of hydrogen-bond donors (Lipinski definition) is 1. The summed E-state index contributed by atoms with van der Waals surface area (Å²) in [6.45, 7) is 6.28. The third-order valence-corrected chi connectivity index (χ3v) is 4.68. The van der Waals surface area contributed by atoms with Crippen LogP contribution < -0.4 is 10.1 Å². The second-order valence-corrected chi connectivity index (χ2v) is 6.96. The highest BCUT2D eigenvalue weighted by molar-refractivity contribution is 14.0. The van der Waals surface area contributed by atoms with Crippen LogP contribution >= 0.6 is 24.0 Å². The Bertz CT molecular complexity index is 936. The van der Waals surface area contributed by atoms with E-state index < -0.39 is 0 Å². The van der Waals surface area contributed by atoms with Gasteiger partial charge in [-0.3, -0.25) is 4.99 Å². The predicted octanol–water partition coefficient (Wildman–Crippen LogP) is 3.70. The van der Waals surface area contributed by atoms with Crippen LogP contribution in [0, 0.1) is 13.8 Å². The highest BCUT2D eigenvalue weighted by atomic mass is 127. The molecule has 29 heavy (non-hydrogen) atoms. The molecule has 6 nitrogen and oxygen atoms in total. The molecular weight excluding hydrogens is 477 g/mol. The zero-order valence-corrected chi connectivity index (χ0v) is 19.9. The number of ether oxygens (including phenoxy) is 1. The fourth-order valence-electron chi connectivity index (χ4n) is 3.05. The Kier molecular flexibility index (Phi) is 8.75. The normalized spacial score (nSPS) is 11.2. The van der Waals surface area contributed by atoms with Crippen molar-refractivity contribution in [1.82, 2.24) is 19.6 Å². The fraction of sp³-hybridized carbons (Fsp3) is 0.364. The number of pyridine rings is 1. The fourth-order valence-corrected chi connectivity index (χ4v) is 3.05. The van der Waals surface area contributed by atoms with Crippen LogP contribution in [0.1, 0.15) is 16.8 Å². The zero-order chi connectivity index (χ0) is 19.9. The van der Waals surface area contributed by atoms with Crippen LogP contribution in [0.3, 0.4) is 0 Å². The minimum Gasteiger partial charge on any atom is -0.492 e. The molecule has 1 aromatic carbocycles. The van der Waals surface area contributed by atoms with Gasteiger partial charge in [-0.1, -0.05) is 23.8 Å². The number of aryl methyl sites for hydroxylation is 2. The first-order valence-electron chi connectivity index (χ1n) is 9.61. The van der Waals surface area contributed by atoms with E-state index in [0.29, 0.717) is 6.61 Å². The van der Waals surface area contributed by atoms with Crippen LogP contribution in [-0.2, 0) is 6.42 Å². The Labute approximate surface area is 190 Å². The predicted molar refractivity (Wildman–Crippen MR) is 130 cm³/mol. The van der Waals surface area contributed by atoms with Gasteiger partial charge in [0.05, 0.1) is 12.2 Å². The third kappa shape index (κ3) is 6.35. The number of nitrogens with one attached hydrogen (secondary N) is 1. The van der Waals surface area contributed by atoms with Gasteiger partial charge in [0.2, 0.25) is 0 Å². The van der Waals surface area contributed by atoms with Crippen molar-refractivity contribution < 1.29 is 4.74 Å². The molecule has 2 heterocycles. The second-order valence-electron chi connectivity index (χ2n) is 6.96. The Morgan fingerprint density at radius 1 is 1.21 bits per heavy atom. The van der Waals surface area contributed by atoms with Gasteiger partial charge in [-0.25, -0.2) is 4.98 Å². The van der Waals surface area contributed by atoms with Gasteiger partial charge in [-0.15, -0.1) is 24.0 Å². The van der Waals surface area contributed by atoms with Gasteiger partial charge < -0.3 is 19.4 Å². The minimum absolute atomic E-state index is 0. The Morgan fingerprint density at radius 2 is 1.97 bits per heavy atom. The topological polar surface area (TPSA) is 54.2 Å². The van der Waals surface area contributed by atoms with Crippen molar-refractivity contribution >= 4 is 35.6 Å². The average molecular weight is 507 g/mol. The lowest BCUT2D eigenvalue weighted by Gasteiger charge is -2.22.